The standard InChI is InChI=1S/C18H21N3O2/c1-13-6-2-3-8-15(13)21-16-9-4-7-14(16)17(19-21)18(22)20-10-5-11-23-12-20/h2-3,6,8H,4-5,7,9-12H2,1H3. The van der Waals surface area contributed by atoms with Gasteiger partial charge in [0.05, 0.1) is 12.3 Å². The topological polar surface area (TPSA) is 47.4 Å². The van der Waals surface area contributed by atoms with Crippen LogP contribution >= 0.6 is 0 Å². The number of aryl methyl sites for hydroxylation is 1. The number of fused-ring (bicyclic) bond motifs is 1. The van der Waals surface area contributed by atoms with Gasteiger partial charge in [0.15, 0.2) is 5.69 Å². The van der Waals surface area contributed by atoms with E-state index in [1.165, 1.54) is 11.3 Å². The summed E-state index contributed by atoms with van der Waals surface area (Å²) in [5.74, 6) is 0.00943. The fourth-order valence-electron chi connectivity index (χ4n) is 3.52. The van der Waals surface area contributed by atoms with Crippen molar-refractivity contribution in [1.82, 2.24) is 14.7 Å². The monoisotopic (exact) mass is 311 g/mol. The Morgan fingerprint density at radius 2 is 2.09 bits per heavy atom. The maximum absolute atomic E-state index is 12.9. The Balaban J connectivity index is 1.76. The molecule has 2 aromatic rings. The highest BCUT2D eigenvalue weighted by atomic mass is 16.5. The van der Waals surface area contributed by atoms with E-state index < -0.39 is 0 Å². The number of aromatic nitrogens is 2. The molecular weight excluding hydrogens is 290 g/mol. The molecule has 1 aromatic carbocycles. The minimum Gasteiger partial charge on any atom is -0.361 e. The number of hydrogen-bond acceptors (Lipinski definition) is 3. The van der Waals surface area contributed by atoms with Crippen LogP contribution in [0.5, 0.6) is 0 Å². The molecule has 2 heterocycles. The molecule has 120 valence electrons. The van der Waals surface area contributed by atoms with Crippen LogP contribution in [0.15, 0.2) is 24.3 Å². The van der Waals surface area contributed by atoms with E-state index in [0.717, 1.165) is 50.1 Å². The van der Waals surface area contributed by atoms with Crippen LogP contribution in [0.3, 0.4) is 0 Å². The normalized spacial score (nSPS) is 17.3. The van der Waals surface area contributed by atoms with Crippen molar-refractivity contribution in [3.05, 3.63) is 46.8 Å². The quantitative estimate of drug-likeness (QED) is 0.856. The number of amides is 1. The van der Waals surface area contributed by atoms with Gasteiger partial charge in [-0.25, -0.2) is 4.68 Å². The van der Waals surface area contributed by atoms with Gasteiger partial charge in [0.1, 0.15) is 6.73 Å². The van der Waals surface area contributed by atoms with Crippen LogP contribution in [0.1, 0.15) is 40.2 Å². The average molecular weight is 311 g/mol. The first-order chi connectivity index (χ1) is 11.3. The van der Waals surface area contributed by atoms with Gasteiger partial charge in [-0.15, -0.1) is 0 Å². The van der Waals surface area contributed by atoms with Crippen LogP contribution in [0.25, 0.3) is 5.69 Å². The van der Waals surface area contributed by atoms with Crippen molar-refractivity contribution in [2.24, 2.45) is 0 Å². The Morgan fingerprint density at radius 3 is 2.87 bits per heavy atom. The first-order valence-electron chi connectivity index (χ1n) is 8.29. The highest BCUT2D eigenvalue weighted by molar-refractivity contribution is 5.94. The molecule has 0 radical (unpaired) electrons. The van der Waals surface area contributed by atoms with E-state index in [9.17, 15) is 4.79 Å². The number of rotatable bonds is 2. The Morgan fingerprint density at radius 1 is 1.22 bits per heavy atom. The molecule has 0 unspecified atom stereocenters. The lowest BCUT2D eigenvalue weighted by Crippen LogP contribution is -2.38. The molecule has 1 amide bonds. The van der Waals surface area contributed by atoms with Gasteiger partial charge in [-0.2, -0.15) is 5.10 Å². The van der Waals surface area contributed by atoms with E-state index in [1.807, 2.05) is 16.8 Å². The zero-order chi connectivity index (χ0) is 15.8. The number of ether oxygens (including phenoxy) is 1. The van der Waals surface area contributed by atoms with E-state index >= 15 is 0 Å². The molecule has 2 aliphatic rings. The van der Waals surface area contributed by atoms with Crippen LogP contribution in [0.2, 0.25) is 0 Å². The van der Waals surface area contributed by atoms with Gasteiger partial charge in [0, 0.05) is 17.8 Å². The van der Waals surface area contributed by atoms with Crippen molar-refractivity contribution in [3.8, 4) is 5.69 Å². The lowest BCUT2D eigenvalue weighted by atomic mass is 10.1. The summed E-state index contributed by atoms with van der Waals surface area (Å²) in [4.78, 5) is 14.6. The van der Waals surface area contributed by atoms with Crippen molar-refractivity contribution in [2.45, 2.75) is 32.6 Å². The molecule has 1 saturated heterocycles. The van der Waals surface area contributed by atoms with Crippen molar-refractivity contribution in [2.75, 3.05) is 19.9 Å². The minimum atomic E-state index is 0.00943. The summed E-state index contributed by atoms with van der Waals surface area (Å²) in [6.45, 7) is 3.95. The van der Waals surface area contributed by atoms with E-state index in [2.05, 4.69) is 19.1 Å². The summed E-state index contributed by atoms with van der Waals surface area (Å²) < 4.78 is 7.41. The number of hydrogen-bond donors (Lipinski definition) is 0. The molecule has 1 aromatic heterocycles. The third-order valence-corrected chi connectivity index (χ3v) is 4.73. The molecule has 0 bridgehead atoms. The molecule has 4 rings (SSSR count). The van der Waals surface area contributed by atoms with Crippen molar-refractivity contribution < 1.29 is 9.53 Å². The number of carbonyl (C=O) groups excluding carboxylic acids is 1. The maximum atomic E-state index is 12.9. The van der Waals surface area contributed by atoms with Gasteiger partial charge >= 0.3 is 0 Å². The molecule has 5 nitrogen and oxygen atoms in total. The van der Waals surface area contributed by atoms with E-state index in [4.69, 9.17) is 9.84 Å². The third kappa shape index (κ3) is 2.45. The molecule has 0 saturated carbocycles. The van der Waals surface area contributed by atoms with Gasteiger partial charge in [-0.05, 0) is 44.2 Å². The molecule has 0 atom stereocenters. The summed E-state index contributed by atoms with van der Waals surface area (Å²) >= 11 is 0. The first-order valence-corrected chi connectivity index (χ1v) is 8.29. The highest BCUT2D eigenvalue weighted by Crippen LogP contribution is 2.29. The molecular formula is C18H21N3O2. The van der Waals surface area contributed by atoms with Crippen LogP contribution in [0, 0.1) is 6.92 Å². The van der Waals surface area contributed by atoms with E-state index in [0.29, 0.717) is 12.4 Å². The summed E-state index contributed by atoms with van der Waals surface area (Å²) in [5.41, 5.74) is 5.18. The molecule has 0 spiro atoms. The third-order valence-electron chi connectivity index (χ3n) is 4.73. The zero-order valence-corrected chi connectivity index (χ0v) is 13.4. The predicted octanol–water partition coefficient (Wildman–Crippen LogP) is 2.49. The van der Waals surface area contributed by atoms with Gasteiger partial charge in [0.25, 0.3) is 5.91 Å². The number of carbonyl (C=O) groups is 1. The Bertz CT molecular complexity index is 745. The SMILES string of the molecule is Cc1ccccc1-n1nc(C(=O)N2CCCOC2)c2c1CCC2. The van der Waals surface area contributed by atoms with Crippen molar-refractivity contribution in [1.29, 1.82) is 0 Å². The second-order valence-corrected chi connectivity index (χ2v) is 6.29. The number of nitrogens with zero attached hydrogens (tertiary/aromatic N) is 3. The molecule has 23 heavy (non-hydrogen) atoms. The predicted molar refractivity (Wildman–Crippen MR) is 86.8 cm³/mol. The fraction of sp³-hybridized carbons (Fsp3) is 0.444. The van der Waals surface area contributed by atoms with Gasteiger partial charge < -0.3 is 9.64 Å². The zero-order valence-electron chi connectivity index (χ0n) is 13.4. The first kappa shape index (κ1) is 14.5. The van der Waals surface area contributed by atoms with Crippen LogP contribution in [0.4, 0.5) is 0 Å². The second kappa shape index (κ2) is 5.81. The number of para-hydroxylation sites is 1. The summed E-state index contributed by atoms with van der Waals surface area (Å²) in [5, 5.41) is 4.71. The molecule has 5 heteroatoms. The fourth-order valence-corrected chi connectivity index (χ4v) is 3.52. The molecule has 1 aliphatic heterocycles. The maximum Gasteiger partial charge on any atom is 0.276 e. The summed E-state index contributed by atoms with van der Waals surface area (Å²) in [6, 6.07) is 8.20. The van der Waals surface area contributed by atoms with Crippen LogP contribution in [-0.4, -0.2) is 40.5 Å². The van der Waals surface area contributed by atoms with Crippen LogP contribution in [-0.2, 0) is 17.6 Å². The van der Waals surface area contributed by atoms with Gasteiger partial charge in [0.2, 0.25) is 0 Å². The summed E-state index contributed by atoms with van der Waals surface area (Å²) in [6.07, 6.45) is 3.92. The van der Waals surface area contributed by atoms with E-state index in [-0.39, 0.29) is 5.91 Å². The highest BCUT2D eigenvalue weighted by Gasteiger charge is 2.30. The Hall–Kier alpha value is -2.14. The molecule has 1 aliphatic carbocycles. The lowest BCUT2D eigenvalue weighted by molar-refractivity contribution is -0.00611. The number of benzene rings is 1. The van der Waals surface area contributed by atoms with E-state index in [1.54, 1.807) is 4.90 Å². The van der Waals surface area contributed by atoms with Gasteiger partial charge in [-0.3, -0.25) is 4.79 Å². The summed E-state index contributed by atoms with van der Waals surface area (Å²) in [7, 11) is 0. The minimum absolute atomic E-state index is 0.00943. The Kier molecular flexibility index (Phi) is 3.65. The Labute approximate surface area is 135 Å². The van der Waals surface area contributed by atoms with Crippen molar-refractivity contribution in [3.63, 3.8) is 0 Å². The van der Waals surface area contributed by atoms with Crippen LogP contribution < -0.4 is 0 Å². The lowest BCUT2D eigenvalue weighted by Gasteiger charge is -2.26. The molecule has 1 fully saturated rings. The van der Waals surface area contributed by atoms with Crippen molar-refractivity contribution >= 4 is 5.91 Å². The second-order valence-electron chi connectivity index (χ2n) is 6.29. The smallest absolute Gasteiger partial charge is 0.276 e. The van der Waals surface area contributed by atoms with Gasteiger partial charge in [-0.1, -0.05) is 18.2 Å². The largest absolute Gasteiger partial charge is 0.361 e. The molecule has 0 N–H and O–H groups in total. The average Bonchev–Trinajstić information content (AvgIpc) is 3.18.